The maximum Gasteiger partial charge on any atom is 0.351 e. The highest BCUT2D eigenvalue weighted by atomic mass is 35.5. The monoisotopic (exact) mass is 380 g/mol. The maximum atomic E-state index is 9.04. The molecule has 2 aromatic rings. The molecule has 6 nitrogen and oxygen atoms in total. The van der Waals surface area contributed by atoms with Gasteiger partial charge in [-0.05, 0) is 49.4 Å². The number of carboxylic acid groups (broad SMARTS) is 2. The fourth-order valence-corrected chi connectivity index (χ4v) is 3.55. The van der Waals surface area contributed by atoms with E-state index in [0.717, 1.165) is 11.6 Å². The molecule has 0 fully saturated rings. The molecule has 0 saturated heterocycles. The number of aliphatic carboxylic acids is 2. The molecule has 0 spiro atoms. The van der Waals surface area contributed by atoms with Crippen molar-refractivity contribution in [2.75, 3.05) is 20.6 Å². The van der Waals surface area contributed by atoms with E-state index in [2.05, 4.69) is 30.8 Å². The third-order valence-corrected chi connectivity index (χ3v) is 4.83. The lowest BCUT2D eigenvalue weighted by Crippen LogP contribution is -3.06. The minimum absolute atomic E-state index is 0.861. The number of aryl methyl sites for hydroxylation is 1. The first-order valence-electron chi connectivity index (χ1n) is 8.84. The lowest BCUT2D eigenvalue weighted by Gasteiger charge is -2.13. The Bertz CT molecular complexity index is 786. The van der Waals surface area contributed by atoms with Crippen molar-refractivity contribution in [1.29, 1.82) is 0 Å². The summed E-state index contributed by atoms with van der Waals surface area (Å²) in [5.74, 6) is -4.01. The molecule has 1 aromatic heterocycles. The summed E-state index contributed by atoms with van der Waals surface area (Å²) in [5, 5.41) is 18.6. The van der Waals surface area contributed by atoms with Crippen LogP contribution in [-0.2, 0) is 29.0 Å². The van der Waals surface area contributed by atoms with Crippen LogP contribution in [0.4, 0.5) is 0 Å². The maximum absolute atomic E-state index is 9.04. The van der Waals surface area contributed by atoms with Gasteiger partial charge >= 0.3 is 5.97 Å². The van der Waals surface area contributed by atoms with Gasteiger partial charge < -0.3 is 24.5 Å². The van der Waals surface area contributed by atoms with E-state index in [1.807, 2.05) is 6.07 Å². The number of carbonyl (C=O) groups is 2. The summed E-state index contributed by atoms with van der Waals surface area (Å²) < 4.78 is 2.55. The standard InChI is InChI=1S/C17H23ClN2.C2H2O4/c1-19(2)10-11-20-16-7-5-3-4-6-14(16)15-12-13(18)8-9-17(15)20;3-1(4)2(5)6/h8-9,12H,3-7,10-11H2,1-2H3;(H,3,4)(H,5,6). The quantitative estimate of drug-likeness (QED) is 0.600. The number of nitrogens with one attached hydrogen (secondary N) is 1. The first kappa shape index (κ1) is 20.3. The summed E-state index contributed by atoms with van der Waals surface area (Å²) in [7, 11) is 4.45. The predicted molar refractivity (Wildman–Crippen MR) is 98.5 cm³/mol. The summed E-state index contributed by atoms with van der Waals surface area (Å²) in [5.41, 5.74) is 4.51. The smallest absolute Gasteiger partial charge is 0.351 e. The molecular weight excluding hydrogens is 356 g/mol. The first-order valence-corrected chi connectivity index (χ1v) is 9.22. The van der Waals surface area contributed by atoms with Crippen molar-refractivity contribution in [3.8, 4) is 0 Å². The second kappa shape index (κ2) is 9.05. The molecule has 0 atom stereocenters. The van der Waals surface area contributed by atoms with Crippen LogP contribution in [0.1, 0.15) is 30.5 Å². The Hall–Kier alpha value is -2.05. The highest BCUT2D eigenvalue weighted by Crippen LogP contribution is 2.32. The van der Waals surface area contributed by atoms with Crippen LogP contribution in [0.2, 0.25) is 5.02 Å². The molecule has 0 bridgehead atoms. The minimum Gasteiger partial charge on any atom is -0.539 e. The fourth-order valence-electron chi connectivity index (χ4n) is 3.38. The van der Waals surface area contributed by atoms with Gasteiger partial charge in [-0.15, -0.1) is 0 Å². The highest BCUT2D eigenvalue weighted by molar-refractivity contribution is 6.31. The van der Waals surface area contributed by atoms with E-state index in [1.54, 1.807) is 11.3 Å². The highest BCUT2D eigenvalue weighted by Gasteiger charge is 2.19. The number of carboxylic acids is 2. The number of rotatable bonds is 3. The van der Waals surface area contributed by atoms with Crippen LogP contribution < -0.4 is 10.0 Å². The second-order valence-corrected chi connectivity index (χ2v) is 7.29. The van der Waals surface area contributed by atoms with Crippen molar-refractivity contribution in [2.45, 2.75) is 38.6 Å². The third-order valence-electron chi connectivity index (χ3n) is 4.60. The Kier molecular flexibility index (Phi) is 7.06. The molecule has 1 heterocycles. The van der Waals surface area contributed by atoms with Crippen LogP contribution in [0.25, 0.3) is 10.9 Å². The molecule has 1 aromatic carbocycles. The van der Waals surface area contributed by atoms with Crippen LogP contribution in [0.3, 0.4) is 0 Å². The number of hydrogen-bond donors (Lipinski definition) is 2. The van der Waals surface area contributed by atoms with Gasteiger partial charge in [0.05, 0.1) is 27.2 Å². The molecule has 26 heavy (non-hydrogen) atoms. The fraction of sp³-hybridized carbons (Fsp3) is 0.474. The molecule has 0 saturated carbocycles. The average Bonchev–Trinajstić information content (AvgIpc) is 2.73. The SMILES string of the molecule is C[NH+](C)CCn1c2c(c3cc(Cl)ccc31)CCCCC2.O=C([O-])C(=O)O. The third kappa shape index (κ3) is 4.99. The number of likely N-dealkylation sites (N-methyl/N-ethyl adjacent to an activating group) is 1. The number of carbonyl (C=O) groups excluding carboxylic acids is 1. The zero-order valence-electron chi connectivity index (χ0n) is 15.2. The van der Waals surface area contributed by atoms with Gasteiger partial charge in [-0.3, -0.25) is 0 Å². The largest absolute Gasteiger partial charge is 0.539 e. The topological polar surface area (TPSA) is 86.8 Å². The van der Waals surface area contributed by atoms with Crippen molar-refractivity contribution in [3.63, 3.8) is 0 Å². The van der Waals surface area contributed by atoms with E-state index < -0.39 is 11.9 Å². The van der Waals surface area contributed by atoms with Crippen molar-refractivity contribution >= 4 is 34.4 Å². The van der Waals surface area contributed by atoms with Gasteiger partial charge in [0, 0.05) is 21.6 Å². The van der Waals surface area contributed by atoms with Crippen molar-refractivity contribution in [3.05, 3.63) is 34.5 Å². The lowest BCUT2D eigenvalue weighted by molar-refractivity contribution is -0.858. The van der Waals surface area contributed by atoms with Gasteiger partial charge in [0.15, 0.2) is 5.97 Å². The molecule has 3 rings (SSSR count). The van der Waals surface area contributed by atoms with Crippen LogP contribution in [0.5, 0.6) is 0 Å². The van der Waals surface area contributed by atoms with Crippen molar-refractivity contribution < 1.29 is 24.7 Å². The summed E-state index contributed by atoms with van der Waals surface area (Å²) in [4.78, 5) is 19.5. The molecule has 7 heteroatoms. The molecule has 0 radical (unpaired) electrons. The molecule has 1 aliphatic rings. The van der Waals surface area contributed by atoms with Gasteiger partial charge in [-0.1, -0.05) is 18.0 Å². The van der Waals surface area contributed by atoms with Gasteiger partial charge in [0.2, 0.25) is 0 Å². The van der Waals surface area contributed by atoms with Crippen molar-refractivity contribution in [2.24, 2.45) is 0 Å². The number of fused-ring (bicyclic) bond motifs is 3. The second-order valence-electron chi connectivity index (χ2n) is 6.85. The van der Waals surface area contributed by atoms with E-state index in [9.17, 15) is 0 Å². The van der Waals surface area contributed by atoms with Gasteiger partial charge in [0.1, 0.15) is 0 Å². The van der Waals surface area contributed by atoms with Crippen LogP contribution >= 0.6 is 11.6 Å². The average molecular weight is 381 g/mol. The number of aromatic nitrogens is 1. The number of halogens is 1. The summed E-state index contributed by atoms with van der Waals surface area (Å²) in [6, 6.07) is 6.40. The molecule has 2 N–H and O–H groups in total. The molecule has 1 aliphatic carbocycles. The normalized spacial score (nSPS) is 13.7. The lowest BCUT2D eigenvalue weighted by atomic mass is 10.1. The Balaban J connectivity index is 0.000000352. The Labute approximate surface area is 158 Å². The zero-order chi connectivity index (χ0) is 19.3. The van der Waals surface area contributed by atoms with Crippen LogP contribution in [-0.4, -0.2) is 42.3 Å². The first-order chi connectivity index (χ1) is 12.3. The van der Waals surface area contributed by atoms with Gasteiger partial charge in [-0.25, -0.2) is 4.79 Å². The zero-order valence-corrected chi connectivity index (χ0v) is 15.9. The summed E-state index contributed by atoms with van der Waals surface area (Å²) in [6.45, 7) is 2.27. The van der Waals surface area contributed by atoms with E-state index >= 15 is 0 Å². The molecule has 0 unspecified atom stereocenters. The molecular formula is C19H25ClN2O4. The van der Waals surface area contributed by atoms with Crippen LogP contribution in [0.15, 0.2) is 18.2 Å². The number of quaternary nitrogens is 1. The Morgan fingerprint density at radius 3 is 2.50 bits per heavy atom. The number of benzene rings is 1. The molecule has 0 aliphatic heterocycles. The summed E-state index contributed by atoms with van der Waals surface area (Å²) >= 11 is 6.23. The Morgan fingerprint density at radius 1 is 1.23 bits per heavy atom. The Morgan fingerprint density at radius 2 is 1.88 bits per heavy atom. The number of hydrogen-bond acceptors (Lipinski definition) is 3. The molecule has 142 valence electrons. The van der Waals surface area contributed by atoms with Gasteiger partial charge in [0.25, 0.3) is 0 Å². The van der Waals surface area contributed by atoms with E-state index in [1.165, 1.54) is 54.5 Å². The predicted octanol–water partition coefficient (Wildman–Crippen LogP) is 0.529. The molecule has 0 amide bonds. The summed E-state index contributed by atoms with van der Waals surface area (Å²) in [6.07, 6.45) is 6.44. The van der Waals surface area contributed by atoms with E-state index in [4.69, 9.17) is 31.4 Å². The van der Waals surface area contributed by atoms with Gasteiger partial charge in [-0.2, -0.15) is 0 Å². The van der Waals surface area contributed by atoms with E-state index in [-0.39, 0.29) is 0 Å². The van der Waals surface area contributed by atoms with E-state index in [0.29, 0.717) is 0 Å². The van der Waals surface area contributed by atoms with Crippen LogP contribution in [0, 0.1) is 0 Å². The minimum atomic E-state index is -2.07. The number of nitrogens with zero attached hydrogens (tertiary/aromatic N) is 1. The van der Waals surface area contributed by atoms with Crippen molar-refractivity contribution in [1.82, 2.24) is 4.57 Å².